The molecule has 5 heteroatoms. The van der Waals surface area contributed by atoms with Gasteiger partial charge in [-0.1, -0.05) is 18.2 Å². The van der Waals surface area contributed by atoms with Gasteiger partial charge in [-0.3, -0.25) is 0 Å². The van der Waals surface area contributed by atoms with Crippen LogP contribution in [0.3, 0.4) is 0 Å². The van der Waals surface area contributed by atoms with Crippen molar-refractivity contribution in [2.24, 2.45) is 5.92 Å². The molecule has 2 aromatic heterocycles. The van der Waals surface area contributed by atoms with Crippen LogP contribution in [-0.2, 0) is 0 Å². The summed E-state index contributed by atoms with van der Waals surface area (Å²) < 4.78 is 4.72. The number of fused-ring (bicyclic) bond motifs is 4. The van der Waals surface area contributed by atoms with Crippen molar-refractivity contribution in [3.63, 3.8) is 0 Å². The molecule has 0 aliphatic carbocycles. The highest BCUT2D eigenvalue weighted by atomic mass is 32.1. The highest BCUT2D eigenvalue weighted by Gasteiger charge is 2.37. The number of hydrogen-bond acceptors (Lipinski definition) is 4. The van der Waals surface area contributed by atoms with E-state index in [4.69, 9.17) is 9.36 Å². The molecule has 1 N–H and O–H groups in total. The van der Waals surface area contributed by atoms with E-state index in [-0.39, 0.29) is 0 Å². The third-order valence-corrected chi connectivity index (χ3v) is 6.38. The minimum absolute atomic E-state index is 0.592. The summed E-state index contributed by atoms with van der Waals surface area (Å²) >= 11 is 1.61. The summed E-state index contributed by atoms with van der Waals surface area (Å²) in [5, 5.41) is 2.46. The monoisotopic (exact) mass is 324 g/mol. The fourth-order valence-electron chi connectivity index (χ4n) is 4.30. The number of aromatic amines is 1. The quantitative estimate of drug-likeness (QED) is 0.780. The summed E-state index contributed by atoms with van der Waals surface area (Å²) in [6, 6.07) is 8.42. The van der Waals surface area contributed by atoms with E-state index in [2.05, 4.69) is 41.1 Å². The van der Waals surface area contributed by atoms with Gasteiger partial charge in [0.05, 0.1) is 0 Å². The molecule has 3 fully saturated rings. The minimum Gasteiger partial charge on any atom is -0.358 e. The van der Waals surface area contributed by atoms with Crippen LogP contribution in [0.5, 0.6) is 0 Å². The van der Waals surface area contributed by atoms with E-state index in [0.29, 0.717) is 5.92 Å². The van der Waals surface area contributed by atoms with E-state index in [1.807, 2.05) is 0 Å². The third-order valence-electron chi connectivity index (χ3n) is 5.53. The lowest BCUT2D eigenvalue weighted by atomic mass is 9.79. The number of rotatable bonds is 2. The van der Waals surface area contributed by atoms with Crippen molar-refractivity contribution in [1.82, 2.24) is 19.2 Å². The van der Waals surface area contributed by atoms with Gasteiger partial charge >= 0.3 is 0 Å². The Morgan fingerprint density at radius 3 is 2.83 bits per heavy atom. The maximum absolute atomic E-state index is 4.97. The number of H-pyrrole nitrogens is 1. The maximum Gasteiger partial charge on any atom is 0.175 e. The van der Waals surface area contributed by atoms with Crippen LogP contribution >= 0.6 is 11.5 Å². The number of para-hydroxylation sites is 1. The molecule has 1 aromatic carbocycles. The second-order valence-corrected chi connectivity index (χ2v) is 7.65. The molecular formula is C18H20N4S. The molecule has 23 heavy (non-hydrogen) atoms. The molecule has 1 unspecified atom stereocenters. The first kappa shape index (κ1) is 13.7. The topological polar surface area (TPSA) is 44.8 Å². The van der Waals surface area contributed by atoms with Crippen LogP contribution in [0.25, 0.3) is 22.3 Å². The standard InChI is InChI=1S/C18H20N4S/c1-11-16(13-4-2-3-5-15(13)19-11)17-20-18(23-21-17)14-10-22-8-6-12(14)7-9-22/h2-5,12,14,19H,6-10H2,1H3. The molecule has 3 aromatic rings. The van der Waals surface area contributed by atoms with Crippen LogP contribution in [0.4, 0.5) is 0 Å². The average molecular weight is 324 g/mol. The van der Waals surface area contributed by atoms with Crippen LogP contribution in [0.15, 0.2) is 24.3 Å². The van der Waals surface area contributed by atoms with Crippen molar-refractivity contribution >= 4 is 22.4 Å². The summed E-state index contributed by atoms with van der Waals surface area (Å²) in [5.74, 6) is 2.30. The smallest absolute Gasteiger partial charge is 0.175 e. The highest BCUT2D eigenvalue weighted by Crippen LogP contribution is 2.40. The van der Waals surface area contributed by atoms with Crippen LogP contribution in [0.2, 0.25) is 0 Å². The van der Waals surface area contributed by atoms with Gasteiger partial charge in [-0.15, -0.1) is 0 Å². The average Bonchev–Trinajstić information content (AvgIpc) is 3.19. The number of aromatic nitrogens is 3. The zero-order valence-electron chi connectivity index (χ0n) is 13.2. The number of benzene rings is 1. The van der Waals surface area contributed by atoms with E-state index in [0.717, 1.165) is 17.4 Å². The summed E-state index contributed by atoms with van der Waals surface area (Å²) in [5.41, 5.74) is 3.49. The normalized spacial score (nSPS) is 26.9. The van der Waals surface area contributed by atoms with Crippen molar-refractivity contribution in [3.05, 3.63) is 35.0 Å². The molecule has 3 saturated heterocycles. The molecule has 2 bridgehead atoms. The van der Waals surface area contributed by atoms with Gasteiger partial charge in [-0.25, -0.2) is 4.98 Å². The van der Waals surface area contributed by atoms with Gasteiger partial charge < -0.3 is 9.88 Å². The molecule has 0 amide bonds. The number of aryl methyl sites for hydroxylation is 1. The highest BCUT2D eigenvalue weighted by molar-refractivity contribution is 7.05. The lowest BCUT2D eigenvalue weighted by Crippen LogP contribution is -2.46. The van der Waals surface area contributed by atoms with Crippen molar-refractivity contribution < 1.29 is 0 Å². The molecule has 118 valence electrons. The first-order chi connectivity index (χ1) is 11.3. The largest absolute Gasteiger partial charge is 0.358 e. The Balaban J connectivity index is 1.55. The van der Waals surface area contributed by atoms with Gasteiger partial charge in [0.25, 0.3) is 0 Å². The molecular weight excluding hydrogens is 304 g/mol. The second kappa shape index (κ2) is 5.14. The lowest BCUT2D eigenvalue weighted by Gasteiger charge is -2.43. The van der Waals surface area contributed by atoms with Gasteiger partial charge in [-0.2, -0.15) is 4.37 Å². The Hall–Kier alpha value is -1.72. The van der Waals surface area contributed by atoms with Crippen molar-refractivity contribution in [1.29, 1.82) is 0 Å². The van der Waals surface area contributed by atoms with Crippen LogP contribution in [-0.4, -0.2) is 38.9 Å². The Morgan fingerprint density at radius 1 is 1.22 bits per heavy atom. The van der Waals surface area contributed by atoms with Gasteiger partial charge in [0, 0.05) is 34.6 Å². The van der Waals surface area contributed by atoms with E-state index in [1.54, 1.807) is 11.5 Å². The van der Waals surface area contributed by atoms with Gasteiger partial charge in [0.1, 0.15) is 5.01 Å². The van der Waals surface area contributed by atoms with E-state index < -0.39 is 0 Å². The molecule has 0 radical (unpaired) electrons. The molecule has 0 spiro atoms. The van der Waals surface area contributed by atoms with E-state index in [1.165, 1.54) is 53.9 Å². The van der Waals surface area contributed by atoms with Crippen molar-refractivity contribution in [3.8, 4) is 11.4 Å². The third kappa shape index (κ3) is 2.14. The number of nitrogens with one attached hydrogen (secondary N) is 1. The molecule has 6 rings (SSSR count). The van der Waals surface area contributed by atoms with Crippen LogP contribution in [0, 0.1) is 12.8 Å². The summed E-state index contributed by atoms with van der Waals surface area (Å²) in [6.07, 6.45) is 2.65. The van der Waals surface area contributed by atoms with Crippen molar-refractivity contribution in [2.75, 3.05) is 19.6 Å². The minimum atomic E-state index is 0.592. The molecule has 4 nitrogen and oxygen atoms in total. The summed E-state index contributed by atoms with van der Waals surface area (Å²) in [6.45, 7) is 5.83. The van der Waals surface area contributed by atoms with Crippen LogP contribution in [0.1, 0.15) is 29.5 Å². The Morgan fingerprint density at radius 2 is 2.04 bits per heavy atom. The zero-order valence-corrected chi connectivity index (χ0v) is 14.1. The first-order valence-corrected chi connectivity index (χ1v) is 9.20. The predicted molar refractivity (Wildman–Crippen MR) is 93.8 cm³/mol. The number of piperidine rings is 3. The van der Waals surface area contributed by atoms with Gasteiger partial charge in [0.15, 0.2) is 5.82 Å². The predicted octanol–water partition coefficient (Wildman–Crippen LogP) is 3.80. The lowest BCUT2D eigenvalue weighted by molar-refractivity contribution is 0.0870. The molecule has 0 saturated carbocycles. The van der Waals surface area contributed by atoms with E-state index in [9.17, 15) is 0 Å². The zero-order chi connectivity index (χ0) is 15.4. The second-order valence-electron chi connectivity index (χ2n) is 6.87. The van der Waals surface area contributed by atoms with Gasteiger partial charge in [0.2, 0.25) is 0 Å². The molecule has 5 heterocycles. The number of hydrogen-bond donors (Lipinski definition) is 1. The SMILES string of the molecule is Cc1[nH]c2ccccc2c1-c1nsc(C2CN3CCC2CC3)n1. The Kier molecular flexibility index (Phi) is 3.06. The van der Waals surface area contributed by atoms with Crippen LogP contribution < -0.4 is 0 Å². The summed E-state index contributed by atoms with van der Waals surface area (Å²) in [7, 11) is 0. The molecule has 3 aliphatic rings. The summed E-state index contributed by atoms with van der Waals surface area (Å²) in [4.78, 5) is 11.0. The maximum atomic E-state index is 4.97. The van der Waals surface area contributed by atoms with Crippen molar-refractivity contribution in [2.45, 2.75) is 25.7 Å². The van der Waals surface area contributed by atoms with E-state index >= 15 is 0 Å². The molecule has 1 atom stereocenters. The first-order valence-electron chi connectivity index (χ1n) is 8.43. The van der Waals surface area contributed by atoms with Gasteiger partial charge in [-0.05, 0) is 56.4 Å². The Labute approximate surface area is 139 Å². The molecule has 3 aliphatic heterocycles. The fourth-order valence-corrected chi connectivity index (χ4v) is 5.14. The Bertz CT molecular complexity index is 857. The number of nitrogens with zero attached hydrogens (tertiary/aromatic N) is 3. The fraction of sp³-hybridized carbons (Fsp3) is 0.444.